The van der Waals surface area contributed by atoms with E-state index < -0.39 is 0 Å². The van der Waals surface area contributed by atoms with E-state index in [2.05, 4.69) is 13.8 Å². The highest BCUT2D eigenvalue weighted by Gasteiger charge is 2.30. The normalized spacial score (nSPS) is 23.5. The van der Waals surface area contributed by atoms with Crippen molar-refractivity contribution in [1.29, 1.82) is 0 Å². The van der Waals surface area contributed by atoms with Crippen molar-refractivity contribution in [1.82, 2.24) is 4.90 Å². The van der Waals surface area contributed by atoms with Gasteiger partial charge >= 0.3 is 0 Å². The van der Waals surface area contributed by atoms with Gasteiger partial charge in [-0.15, -0.1) is 0 Å². The molecular formula is C14H18Cl2N2O. The molecule has 1 aromatic carbocycles. The van der Waals surface area contributed by atoms with Gasteiger partial charge in [-0.2, -0.15) is 0 Å². The third kappa shape index (κ3) is 2.82. The Labute approximate surface area is 123 Å². The van der Waals surface area contributed by atoms with E-state index in [0.29, 0.717) is 21.3 Å². The largest absolute Gasteiger partial charge is 0.398 e. The van der Waals surface area contributed by atoms with Gasteiger partial charge in [0.2, 0.25) is 0 Å². The number of nitrogens with zero attached hydrogens (tertiary/aromatic N) is 1. The monoisotopic (exact) mass is 300 g/mol. The summed E-state index contributed by atoms with van der Waals surface area (Å²) in [4.78, 5) is 14.5. The van der Waals surface area contributed by atoms with Crippen molar-refractivity contribution in [3.05, 3.63) is 27.7 Å². The molecule has 0 unspecified atom stereocenters. The van der Waals surface area contributed by atoms with Crippen LogP contribution in [0.1, 0.15) is 43.5 Å². The maximum atomic E-state index is 12.6. The molecular weight excluding hydrogens is 283 g/mol. The zero-order chi connectivity index (χ0) is 14.2. The molecule has 2 N–H and O–H groups in total. The molecule has 2 atom stereocenters. The Morgan fingerprint density at radius 2 is 1.79 bits per heavy atom. The number of amides is 1. The van der Waals surface area contributed by atoms with Gasteiger partial charge in [-0.05, 0) is 45.2 Å². The zero-order valence-corrected chi connectivity index (χ0v) is 12.6. The number of hydrogen-bond donors (Lipinski definition) is 1. The molecule has 5 heteroatoms. The summed E-state index contributed by atoms with van der Waals surface area (Å²) in [6.07, 6.45) is 3.20. The summed E-state index contributed by atoms with van der Waals surface area (Å²) in [7, 11) is 0. The van der Waals surface area contributed by atoms with Crippen LogP contribution in [-0.4, -0.2) is 22.9 Å². The first-order valence-corrected chi connectivity index (χ1v) is 7.24. The molecule has 0 bridgehead atoms. The van der Waals surface area contributed by atoms with E-state index in [1.807, 2.05) is 4.90 Å². The molecule has 1 aromatic rings. The molecule has 19 heavy (non-hydrogen) atoms. The number of nitrogens with two attached hydrogens (primary N) is 1. The lowest BCUT2D eigenvalue weighted by atomic mass is 9.96. The smallest absolute Gasteiger partial charge is 0.255 e. The van der Waals surface area contributed by atoms with Crippen LogP contribution in [-0.2, 0) is 0 Å². The third-order valence-electron chi connectivity index (χ3n) is 3.74. The molecule has 2 rings (SSSR count). The fourth-order valence-corrected chi connectivity index (χ4v) is 3.15. The predicted molar refractivity (Wildman–Crippen MR) is 79.8 cm³/mol. The molecule has 0 aliphatic carbocycles. The van der Waals surface area contributed by atoms with Gasteiger partial charge in [0.05, 0.1) is 21.3 Å². The predicted octanol–water partition coefficient (Wildman–Crippen LogP) is 3.98. The Hall–Kier alpha value is -0.930. The summed E-state index contributed by atoms with van der Waals surface area (Å²) >= 11 is 12.0. The van der Waals surface area contributed by atoms with Gasteiger partial charge in [-0.3, -0.25) is 4.79 Å². The number of benzene rings is 1. The van der Waals surface area contributed by atoms with E-state index >= 15 is 0 Å². The van der Waals surface area contributed by atoms with E-state index in [0.717, 1.165) is 19.3 Å². The van der Waals surface area contributed by atoms with Crippen LogP contribution in [0.2, 0.25) is 10.0 Å². The molecule has 1 saturated heterocycles. The topological polar surface area (TPSA) is 46.3 Å². The van der Waals surface area contributed by atoms with Crippen LogP contribution in [0, 0.1) is 0 Å². The number of anilines is 1. The Morgan fingerprint density at radius 1 is 1.21 bits per heavy atom. The summed E-state index contributed by atoms with van der Waals surface area (Å²) in [5.41, 5.74) is 6.58. The first-order valence-electron chi connectivity index (χ1n) is 6.49. The first-order chi connectivity index (χ1) is 8.91. The van der Waals surface area contributed by atoms with Crippen molar-refractivity contribution in [2.45, 2.75) is 45.2 Å². The van der Waals surface area contributed by atoms with Crippen molar-refractivity contribution in [2.75, 3.05) is 5.73 Å². The van der Waals surface area contributed by atoms with Gasteiger partial charge in [-0.1, -0.05) is 23.2 Å². The Morgan fingerprint density at radius 3 is 2.37 bits per heavy atom. The molecule has 0 saturated carbocycles. The molecule has 0 spiro atoms. The Bertz CT molecular complexity index is 494. The van der Waals surface area contributed by atoms with Gasteiger partial charge in [-0.25, -0.2) is 0 Å². The first kappa shape index (κ1) is 14.5. The number of hydrogen-bond acceptors (Lipinski definition) is 2. The molecule has 1 aliphatic heterocycles. The number of halogens is 2. The second kappa shape index (κ2) is 5.59. The molecule has 1 amide bonds. The van der Waals surface area contributed by atoms with E-state index in [1.165, 1.54) is 6.07 Å². The molecule has 1 heterocycles. The van der Waals surface area contributed by atoms with Crippen LogP contribution >= 0.6 is 23.2 Å². The summed E-state index contributed by atoms with van der Waals surface area (Å²) in [5.74, 6) is -0.0620. The average Bonchev–Trinajstić information content (AvgIpc) is 2.33. The van der Waals surface area contributed by atoms with Crippen LogP contribution in [0.15, 0.2) is 12.1 Å². The Balaban J connectivity index is 2.35. The third-order valence-corrected chi connectivity index (χ3v) is 4.38. The summed E-state index contributed by atoms with van der Waals surface area (Å²) < 4.78 is 0. The van der Waals surface area contributed by atoms with E-state index in [-0.39, 0.29) is 18.0 Å². The maximum Gasteiger partial charge on any atom is 0.255 e. The standard InChI is InChI=1S/C14H18Cl2N2O/c1-8-4-3-5-9(2)18(8)14(19)10-6-13(17)12(16)7-11(10)15/h6-9H,3-5,17H2,1-2H3/t8-,9-/m0/s1. The number of carbonyl (C=O) groups excluding carboxylic acids is 1. The zero-order valence-electron chi connectivity index (χ0n) is 11.1. The van der Waals surface area contributed by atoms with Crippen LogP contribution in [0.4, 0.5) is 5.69 Å². The van der Waals surface area contributed by atoms with Gasteiger partial charge in [0, 0.05) is 12.1 Å². The van der Waals surface area contributed by atoms with Crippen molar-refractivity contribution in [3.63, 3.8) is 0 Å². The lowest BCUT2D eigenvalue weighted by molar-refractivity contribution is 0.0511. The number of nitrogen functional groups attached to an aromatic ring is 1. The summed E-state index contributed by atoms with van der Waals surface area (Å²) in [6.45, 7) is 4.14. The second-order valence-electron chi connectivity index (χ2n) is 5.19. The molecule has 3 nitrogen and oxygen atoms in total. The van der Waals surface area contributed by atoms with Crippen molar-refractivity contribution in [3.8, 4) is 0 Å². The van der Waals surface area contributed by atoms with Crippen LogP contribution in [0.3, 0.4) is 0 Å². The van der Waals surface area contributed by atoms with Crippen molar-refractivity contribution in [2.24, 2.45) is 0 Å². The fourth-order valence-electron chi connectivity index (χ4n) is 2.69. The lowest BCUT2D eigenvalue weighted by Crippen LogP contribution is -2.47. The minimum atomic E-state index is -0.0620. The molecule has 0 radical (unpaired) electrons. The number of likely N-dealkylation sites (tertiary alicyclic amines) is 1. The summed E-state index contributed by atoms with van der Waals surface area (Å²) in [6, 6.07) is 3.56. The van der Waals surface area contributed by atoms with E-state index in [1.54, 1.807) is 6.07 Å². The minimum Gasteiger partial charge on any atom is -0.398 e. The van der Waals surface area contributed by atoms with Gasteiger partial charge in [0.15, 0.2) is 0 Å². The fraction of sp³-hybridized carbons (Fsp3) is 0.500. The van der Waals surface area contributed by atoms with E-state index in [9.17, 15) is 4.79 Å². The quantitative estimate of drug-likeness (QED) is 0.798. The minimum absolute atomic E-state index is 0.0620. The van der Waals surface area contributed by atoms with Crippen LogP contribution in [0.5, 0.6) is 0 Å². The number of rotatable bonds is 1. The van der Waals surface area contributed by atoms with E-state index in [4.69, 9.17) is 28.9 Å². The second-order valence-corrected chi connectivity index (χ2v) is 6.01. The van der Waals surface area contributed by atoms with Gasteiger partial charge in [0.1, 0.15) is 0 Å². The van der Waals surface area contributed by atoms with Crippen molar-refractivity contribution >= 4 is 34.8 Å². The van der Waals surface area contributed by atoms with Crippen molar-refractivity contribution < 1.29 is 4.79 Å². The van der Waals surface area contributed by atoms with Gasteiger partial charge in [0.25, 0.3) is 5.91 Å². The van der Waals surface area contributed by atoms with Crippen LogP contribution in [0.25, 0.3) is 0 Å². The molecule has 104 valence electrons. The van der Waals surface area contributed by atoms with Crippen LogP contribution < -0.4 is 5.73 Å². The number of piperidine rings is 1. The lowest BCUT2D eigenvalue weighted by Gasteiger charge is -2.39. The average molecular weight is 301 g/mol. The summed E-state index contributed by atoms with van der Waals surface area (Å²) in [5, 5.41) is 0.732. The maximum absolute atomic E-state index is 12.6. The molecule has 1 aliphatic rings. The highest BCUT2D eigenvalue weighted by Crippen LogP contribution is 2.31. The number of carbonyl (C=O) groups is 1. The van der Waals surface area contributed by atoms with Gasteiger partial charge < -0.3 is 10.6 Å². The molecule has 0 aromatic heterocycles. The highest BCUT2D eigenvalue weighted by molar-refractivity contribution is 6.38. The molecule has 1 fully saturated rings. The highest BCUT2D eigenvalue weighted by atomic mass is 35.5. The SMILES string of the molecule is C[C@H]1CCC[C@H](C)N1C(=O)c1cc(N)c(Cl)cc1Cl. The Kier molecular flexibility index (Phi) is 4.26.